The maximum Gasteiger partial charge on any atom is 0.182 e. The van der Waals surface area contributed by atoms with Crippen molar-refractivity contribution < 1.29 is 22.6 Å². The summed E-state index contributed by atoms with van der Waals surface area (Å²) in [6.07, 6.45) is 4.34. The van der Waals surface area contributed by atoms with E-state index >= 15 is 0 Å². The molecule has 1 aromatic carbocycles. The van der Waals surface area contributed by atoms with Crippen LogP contribution in [-0.4, -0.2) is 46.5 Å². The van der Waals surface area contributed by atoms with Crippen LogP contribution < -0.4 is 9.47 Å². The highest BCUT2D eigenvalue weighted by Gasteiger charge is 2.27. The summed E-state index contributed by atoms with van der Waals surface area (Å²) in [5, 5.41) is 0. The molecule has 0 spiro atoms. The molecule has 136 valence electrons. The quantitative estimate of drug-likeness (QED) is 0.617. The van der Waals surface area contributed by atoms with Gasteiger partial charge in [0.05, 0.1) is 25.6 Å². The Kier molecular flexibility index (Phi) is 7.25. The Hall–Kier alpha value is -0.920. The lowest BCUT2D eigenvalue weighted by Crippen LogP contribution is -2.12. The lowest BCUT2D eigenvalue weighted by atomic mass is 10.1. The van der Waals surface area contributed by atoms with Crippen LogP contribution in [0.2, 0.25) is 0 Å². The highest BCUT2D eigenvalue weighted by atomic mass is 32.2. The van der Waals surface area contributed by atoms with Crippen molar-refractivity contribution in [1.82, 2.24) is 0 Å². The number of rotatable bonds is 9. The van der Waals surface area contributed by atoms with Gasteiger partial charge in [-0.2, -0.15) is 11.8 Å². The van der Waals surface area contributed by atoms with Gasteiger partial charge in [0.2, 0.25) is 0 Å². The second-order valence-electron chi connectivity index (χ2n) is 5.71. The van der Waals surface area contributed by atoms with Crippen molar-refractivity contribution in [3.63, 3.8) is 0 Å². The summed E-state index contributed by atoms with van der Waals surface area (Å²) in [5.74, 6) is 1.65. The van der Waals surface area contributed by atoms with Gasteiger partial charge >= 0.3 is 0 Å². The molecule has 24 heavy (non-hydrogen) atoms. The summed E-state index contributed by atoms with van der Waals surface area (Å²) < 4.78 is 42.4. The first-order valence-electron chi connectivity index (χ1n) is 8.21. The molecule has 2 rings (SSSR count). The fourth-order valence-electron chi connectivity index (χ4n) is 2.75. The molecule has 1 aliphatic rings. The number of thioether (sulfide) groups is 1. The molecule has 7 heteroatoms. The van der Waals surface area contributed by atoms with E-state index < -0.39 is 9.84 Å². The topological polar surface area (TPSA) is 61.8 Å². The van der Waals surface area contributed by atoms with Gasteiger partial charge in [0.15, 0.2) is 21.3 Å². The van der Waals surface area contributed by atoms with E-state index in [2.05, 4.69) is 0 Å². The minimum atomic E-state index is -3.43. The van der Waals surface area contributed by atoms with Crippen LogP contribution in [0.3, 0.4) is 0 Å². The third kappa shape index (κ3) is 4.58. The van der Waals surface area contributed by atoms with Gasteiger partial charge in [0, 0.05) is 12.4 Å². The van der Waals surface area contributed by atoms with E-state index in [0.29, 0.717) is 31.1 Å². The molecule has 1 aromatic rings. The van der Waals surface area contributed by atoms with E-state index in [4.69, 9.17) is 14.2 Å². The highest BCUT2D eigenvalue weighted by molar-refractivity contribution is 7.98. The van der Waals surface area contributed by atoms with E-state index in [1.54, 1.807) is 17.8 Å². The van der Waals surface area contributed by atoms with Crippen LogP contribution in [0.15, 0.2) is 17.0 Å². The summed E-state index contributed by atoms with van der Waals surface area (Å²) in [6.45, 7) is 2.99. The second-order valence-corrected chi connectivity index (χ2v) is 8.78. The molecule has 0 bridgehead atoms. The fourth-order valence-corrected chi connectivity index (χ4v) is 4.52. The van der Waals surface area contributed by atoms with Gasteiger partial charge < -0.3 is 14.2 Å². The summed E-state index contributed by atoms with van der Waals surface area (Å²) in [4.78, 5) is 0.218. The molecule has 1 fully saturated rings. The van der Waals surface area contributed by atoms with Crippen LogP contribution in [-0.2, 0) is 14.6 Å². The Morgan fingerprint density at radius 3 is 2.75 bits per heavy atom. The van der Waals surface area contributed by atoms with E-state index in [1.807, 2.05) is 19.2 Å². The molecule has 1 saturated heterocycles. The van der Waals surface area contributed by atoms with Crippen molar-refractivity contribution in [3.8, 4) is 11.5 Å². The molecule has 0 amide bonds. The number of hydrogen-bond donors (Lipinski definition) is 0. The predicted molar refractivity (Wildman–Crippen MR) is 97.1 cm³/mol. The van der Waals surface area contributed by atoms with Crippen LogP contribution in [0.25, 0.3) is 0 Å². The summed E-state index contributed by atoms with van der Waals surface area (Å²) in [5.41, 5.74) is 0.844. The van der Waals surface area contributed by atoms with E-state index in [-0.39, 0.29) is 16.8 Å². The molecule has 0 aromatic heterocycles. The maximum atomic E-state index is 12.7. The Balaban J connectivity index is 2.49. The number of sulfone groups is 1. The first-order chi connectivity index (χ1) is 11.5. The first-order valence-corrected chi connectivity index (χ1v) is 11.3. The monoisotopic (exact) mass is 374 g/mol. The van der Waals surface area contributed by atoms with Crippen LogP contribution in [0, 0.1) is 0 Å². The number of hydrogen-bond acceptors (Lipinski definition) is 6. The highest BCUT2D eigenvalue weighted by Crippen LogP contribution is 2.40. The van der Waals surface area contributed by atoms with Crippen LogP contribution in [0.5, 0.6) is 11.5 Å². The van der Waals surface area contributed by atoms with Gasteiger partial charge in [-0.25, -0.2) is 8.42 Å². The number of ether oxygens (including phenoxy) is 3. The third-order valence-electron chi connectivity index (χ3n) is 3.91. The molecule has 0 saturated carbocycles. The SMILES string of the molecule is CCCS(=O)(=O)c1cc(C2CCCO2)cc(OC)c1OCCSC. The average Bonchev–Trinajstić information content (AvgIpc) is 3.09. The summed E-state index contributed by atoms with van der Waals surface area (Å²) in [7, 11) is -1.90. The van der Waals surface area contributed by atoms with E-state index in [9.17, 15) is 8.42 Å². The molecule has 1 atom stereocenters. The van der Waals surface area contributed by atoms with Crippen molar-refractivity contribution in [3.05, 3.63) is 17.7 Å². The van der Waals surface area contributed by atoms with Gasteiger partial charge in [-0.1, -0.05) is 6.92 Å². The second kappa shape index (κ2) is 8.97. The maximum absolute atomic E-state index is 12.7. The molecular weight excluding hydrogens is 348 g/mol. The number of methoxy groups -OCH3 is 1. The standard InChI is InChI=1S/C17H26O5S2/c1-4-10-24(18,19)16-12-13(14-6-5-7-21-14)11-15(20-2)17(16)22-8-9-23-3/h11-12,14H,4-10H2,1-3H3. The van der Waals surface area contributed by atoms with Gasteiger partial charge in [-0.15, -0.1) is 0 Å². The van der Waals surface area contributed by atoms with Crippen molar-refractivity contribution in [1.29, 1.82) is 0 Å². The fraction of sp³-hybridized carbons (Fsp3) is 0.647. The normalized spacial score (nSPS) is 17.9. The summed E-state index contributed by atoms with van der Waals surface area (Å²) >= 11 is 1.65. The lowest BCUT2D eigenvalue weighted by Gasteiger charge is -2.19. The van der Waals surface area contributed by atoms with Crippen molar-refractivity contribution >= 4 is 21.6 Å². The summed E-state index contributed by atoms with van der Waals surface area (Å²) in [6, 6.07) is 3.55. The molecule has 0 N–H and O–H groups in total. The molecule has 5 nitrogen and oxygen atoms in total. The largest absolute Gasteiger partial charge is 0.493 e. The molecular formula is C17H26O5S2. The zero-order valence-corrected chi connectivity index (χ0v) is 16.2. The van der Waals surface area contributed by atoms with E-state index in [1.165, 1.54) is 7.11 Å². The Morgan fingerprint density at radius 1 is 1.38 bits per heavy atom. The minimum absolute atomic E-state index is 0.0743. The van der Waals surface area contributed by atoms with Crippen molar-refractivity contribution in [2.45, 2.75) is 37.2 Å². The average molecular weight is 375 g/mol. The van der Waals surface area contributed by atoms with Gasteiger partial charge in [0.1, 0.15) is 4.90 Å². The zero-order valence-electron chi connectivity index (χ0n) is 14.5. The van der Waals surface area contributed by atoms with Crippen LogP contribution >= 0.6 is 11.8 Å². The molecule has 0 radical (unpaired) electrons. The van der Waals surface area contributed by atoms with E-state index in [0.717, 1.165) is 24.2 Å². The number of benzene rings is 1. The van der Waals surface area contributed by atoms with Gasteiger partial charge in [0.25, 0.3) is 0 Å². The molecule has 1 unspecified atom stereocenters. The first kappa shape index (κ1) is 19.4. The Morgan fingerprint density at radius 2 is 2.17 bits per heavy atom. The smallest absolute Gasteiger partial charge is 0.182 e. The molecule has 1 heterocycles. The minimum Gasteiger partial charge on any atom is -0.493 e. The zero-order chi connectivity index (χ0) is 17.6. The van der Waals surface area contributed by atoms with Gasteiger partial charge in [-0.05, 0) is 43.2 Å². The van der Waals surface area contributed by atoms with Crippen LogP contribution in [0.4, 0.5) is 0 Å². The van der Waals surface area contributed by atoms with Crippen molar-refractivity contribution in [2.24, 2.45) is 0 Å². The Labute approximate surface area is 149 Å². The molecule has 1 aliphatic heterocycles. The lowest BCUT2D eigenvalue weighted by molar-refractivity contribution is 0.111. The van der Waals surface area contributed by atoms with Crippen LogP contribution in [0.1, 0.15) is 37.9 Å². The molecule has 0 aliphatic carbocycles. The Bertz CT molecular complexity index is 637. The third-order valence-corrected chi connectivity index (χ3v) is 6.40. The van der Waals surface area contributed by atoms with Gasteiger partial charge in [-0.3, -0.25) is 0 Å². The van der Waals surface area contributed by atoms with Crippen molar-refractivity contribution in [2.75, 3.05) is 38.1 Å². The predicted octanol–water partition coefficient (Wildman–Crippen LogP) is 3.47.